The molecule has 150 heavy (non-hydrogen) atoms. The number of carbonyl (C=O) groups excluding carboxylic acids is 1. The van der Waals surface area contributed by atoms with E-state index in [0.717, 1.165) is 103 Å². The first-order valence-electron chi connectivity index (χ1n) is 48.6. The Hall–Kier alpha value is -16.8. The van der Waals surface area contributed by atoms with Gasteiger partial charge < -0.3 is 75.8 Å². The zero-order valence-electron chi connectivity index (χ0n) is 90.1. The van der Waals surface area contributed by atoms with Crippen LogP contribution in [-0.4, -0.2) is 128 Å². The Balaban J connectivity index is 0.000000165. The normalized spacial score (nSPS) is 11.1. The molecule has 1 aliphatic rings. The van der Waals surface area contributed by atoms with E-state index in [1.165, 1.54) is 116 Å². The van der Waals surface area contributed by atoms with Gasteiger partial charge in [0, 0.05) is 22.0 Å². The van der Waals surface area contributed by atoms with Crippen molar-refractivity contribution in [1.82, 2.24) is 0 Å². The molecule has 0 aliphatic heterocycles. The number of aryl methyl sites for hydroxylation is 4. The molecule has 0 heterocycles. The smallest absolute Gasteiger partial charge is 0.206 e. The quantitative estimate of drug-likeness (QED) is 0.0419. The van der Waals surface area contributed by atoms with Gasteiger partial charge in [0.05, 0.1) is 129 Å². The highest BCUT2D eigenvalue weighted by Crippen LogP contribution is 2.56. The van der Waals surface area contributed by atoms with Crippen molar-refractivity contribution in [3.63, 3.8) is 0 Å². The molecule has 0 N–H and O–H groups in total. The van der Waals surface area contributed by atoms with Crippen molar-refractivity contribution >= 4 is 15.6 Å². The molecule has 0 aromatic heterocycles. The molecule has 0 atom stereocenters. The van der Waals surface area contributed by atoms with Crippen LogP contribution >= 0.6 is 0 Å². The highest BCUT2D eigenvalue weighted by molar-refractivity contribution is 7.91. The maximum Gasteiger partial charge on any atom is 0.206 e. The average molecular weight is 2030 g/mol. The van der Waals surface area contributed by atoms with Gasteiger partial charge in [-0.15, -0.1) is 0 Å². The van der Waals surface area contributed by atoms with Crippen molar-refractivity contribution < 1.29 is 89.0 Å². The summed E-state index contributed by atoms with van der Waals surface area (Å²) in [4.78, 5) is 12.6. The lowest BCUT2D eigenvalue weighted by atomic mass is 9.68. The van der Waals surface area contributed by atoms with Gasteiger partial charge in [-0.3, -0.25) is 4.79 Å². The molecule has 0 saturated carbocycles. The summed E-state index contributed by atoms with van der Waals surface area (Å²) < 4.78 is 107. The highest BCUT2D eigenvalue weighted by atomic mass is 32.2. The summed E-state index contributed by atoms with van der Waals surface area (Å²) in [6.45, 7) is 17.2. The van der Waals surface area contributed by atoms with E-state index in [9.17, 15) is 13.2 Å². The minimum atomic E-state index is -3.50. The summed E-state index contributed by atoms with van der Waals surface area (Å²) in [6.07, 6.45) is 0. The Labute approximate surface area is 885 Å². The third-order valence-electron chi connectivity index (χ3n) is 26.2. The molecule has 0 fully saturated rings. The van der Waals surface area contributed by atoms with Crippen LogP contribution in [0.15, 0.2) is 398 Å². The van der Waals surface area contributed by atoms with Crippen LogP contribution in [0, 0.1) is 27.7 Å². The predicted molar refractivity (Wildman–Crippen MR) is 602 cm³/mol. The van der Waals surface area contributed by atoms with Crippen LogP contribution in [0.4, 0.5) is 0 Å². The van der Waals surface area contributed by atoms with Gasteiger partial charge >= 0.3 is 0 Å². The predicted octanol–water partition coefficient (Wildman–Crippen LogP) is 29.3. The zero-order valence-corrected chi connectivity index (χ0v) is 90.9. The topological polar surface area (TPSA) is 199 Å². The summed E-state index contributed by atoms with van der Waals surface area (Å²) in [7, 11) is 23.0. The van der Waals surface area contributed by atoms with Crippen LogP contribution < -0.4 is 75.8 Å². The van der Waals surface area contributed by atoms with E-state index in [2.05, 4.69) is 201 Å². The highest BCUT2D eigenvalue weighted by Gasteiger charge is 2.46. The lowest BCUT2D eigenvalue weighted by Gasteiger charge is -2.34. The van der Waals surface area contributed by atoms with Gasteiger partial charge in [-0.1, -0.05) is 185 Å². The standard InChI is InChI=1S/C27H22O2.C19H24O2.C17H20O2.C16H18O2.C15H14O3.C14H14O4S.C14H14O2.C8H10O2/c1-28-21-15-11-19(12-16-21)27(20-13-17-22(29-2)18-14-20)25-9-5-3-7-23(25)24-8-4-6-10-26(24)27;1-13-11-15(7-9-17(13)20-5)19(3,4)16-8-10-18(21-6)14(2)12-16;1-17(2,13-5-9-15(18-3)10-6-13)14-7-11-16(19-4)12-8-14;1-11-9-13(5-7-15(11)17-3)14-6-8-16(18-4)12(2)10-14;1-17-13-7-3-11(4-8-13)15(16)12-5-9-14(18-2)10-6-12;1-17-11-3-7-13(8-4-11)19(15,16)14-9-5-12(18-2)6-10-14;1-15-13-7-3-11(4-8-13)12-5-9-14(16-2)10-6-12;1-9-7-3-5-8(10-2)6-4-7/h3-18H,1-2H3;7-12H,1-6H3;5-12H,1-4H3;5-10H,1-4H3;3-10H,1-2H3;3-10H,1-2H3;3-10H,1-2H3;3-6H,1-2H3. The molecule has 18 rings (SSSR count). The Morgan fingerprint density at radius 3 is 0.660 bits per heavy atom. The van der Waals surface area contributed by atoms with Gasteiger partial charge in [0.15, 0.2) is 5.78 Å². The van der Waals surface area contributed by atoms with E-state index in [-0.39, 0.29) is 31.8 Å². The summed E-state index contributed by atoms with van der Waals surface area (Å²) in [5.41, 5.74) is 22.8. The molecule has 0 amide bonds. The second-order valence-corrected chi connectivity index (χ2v) is 37.7. The van der Waals surface area contributed by atoms with Crippen molar-refractivity contribution in [2.45, 2.75) is 81.4 Å². The number of hydrogen-bond acceptors (Lipinski definition) is 19. The fourth-order valence-electron chi connectivity index (χ4n) is 17.3. The number of fused-ring (bicyclic) bond motifs is 3. The van der Waals surface area contributed by atoms with Crippen molar-refractivity contribution in [2.24, 2.45) is 0 Å². The largest absolute Gasteiger partial charge is 0.497 e. The summed E-state index contributed by atoms with van der Waals surface area (Å²) in [5, 5.41) is 0. The molecule has 0 spiro atoms. The lowest BCUT2D eigenvalue weighted by molar-refractivity contribution is 0.103. The SMILES string of the molecule is COc1ccc(-c2ccc(OC)c(C)c2)cc1C.COc1ccc(-c2ccc(OC)cc2)cc1.COc1ccc(C(=O)c2ccc(OC)cc2)cc1.COc1ccc(C(C)(C)c2ccc(OC)c(C)c2)cc1C.COc1ccc(C(C)(C)c2ccc(OC)cc2)cc1.COc1ccc(C2(c3ccc(OC)cc3)c3ccccc3-c3ccccc32)cc1.COc1ccc(OC)cc1.COc1ccc(S(=O)(=O)c2ccc(OC)cc2)cc1. The van der Waals surface area contributed by atoms with Crippen molar-refractivity contribution in [3.05, 3.63) is 466 Å². The molecule has 17 aromatic rings. The lowest BCUT2D eigenvalue weighted by Crippen LogP contribution is -2.28. The van der Waals surface area contributed by atoms with Crippen LogP contribution in [0.25, 0.3) is 33.4 Å². The number of sulfone groups is 1. The van der Waals surface area contributed by atoms with Gasteiger partial charge in [0.1, 0.15) is 92.0 Å². The molecule has 0 saturated heterocycles. The minimum absolute atomic E-state index is 0.0136. The second-order valence-electron chi connectivity index (χ2n) is 35.7. The van der Waals surface area contributed by atoms with Crippen molar-refractivity contribution in [1.29, 1.82) is 0 Å². The summed E-state index contributed by atoms with van der Waals surface area (Å²) in [6, 6.07) is 126. The first-order chi connectivity index (χ1) is 72.4. The number of benzene rings is 17. The number of hydrogen-bond donors (Lipinski definition) is 0. The number of carbonyl (C=O) groups is 1. The Morgan fingerprint density at radius 2 is 0.413 bits per heavy atom. The van der Waals surface area contributed by atoms with Crippen LogP contribution in [0.3, 0.4) is 0 Å². The third kappa shape index (κ3) is 28.5. The van der Waals surface area contributed by atoms with E-state index in [4.69, 9.17) is 75.8 Å². The van der Waals surface area contributed by atoms with Gasteiger partial charge in [0.2, 0.25) is 9.84 Å². The van der Waals surface area contributed by atoms with E-state index in [1.807, 2.05) is 146 Å². The fourth-order valence-corrected chi connectivity index (χ4v) is 18.5. The molecule has 1 aliphatic carbocycles. The number of rotatable bonds is 28. The third-order valence-corrected chi connectivity index (χ3v) is 28.0. The van der Waals surface area contributed by atoms with Crippen molar-refractivity contribution in [3.8, 4) is 125 Å². The van der Waals surface area contributed by atoms with Gasteiger partial charge in [0.25, 0.3) is 0 Å². The molecule has 20 heteroatoms. The van der Waals surface area contributed by atoms with Crippen LogP contribution in [0.2, 0.25) is 0 Å². The van der Waals surface area contributed by atoms with Crippen LogP contribution in [-0.2, 0) is 26.1 Å². The molecule has 19 nitrogen and oxygen atoms in total. The van der Waals surface area contributed by atoms with Crippen LogP contribution in [0.5, 0.6) is 92.0 Å². The van der Waals surface area contributed by atoms with Gasteiger partial charge in [-0.25, -0.2) is 8.42 Å². The van der Waals surface area contributed by atoms with E-state index in [1.54, 1.807) is 172 Å². The Bertz CT molecular complexity index is 6820. The molecule has 0 unspecified atom stereocenters. The minimum Gasteiger partial charge on any atom is -0.497 e. The number of methoxy groups -OCH3 is 16. The molecule has 0 radical (unpaired) electrons. The first-order valence-corrected chi connectivity index (χ1v) is 50.1. The van der Waals surface area contributed by atoms with Gasteiger partial charge in [-0.05, 0) is 358 Å². The Morgan fingerprint density at radius 1 is 0.213 bits per heavy atom. The fraction of sp³-hybridized carbons (Fsp3) is 0.208. The monoisotopic (exact) mass is 2030 g/mol. The maximum absolute atomic E-state index is 12.4. The Kier molecular flexibility index (Phi) is 41.3. The average Bonchev–Trinajstić information content (AvgIpc) is 1.54. The van der Waals surface area contributed by atoms with E-state index < -0.39 is 9.84 Å². The molecular formula is C130H136O19S. The summed E-state index contributed by atoms with van der Waals surface area (Å²) >= 11 is 0. The van der Waals surface area contributed by atoms with Gasteiger partial charge in [-0.2, -0.15) is 0 Å². The molecule has 0 bridgehead atoms. The first kappa shape index (κ1) is 113. The number of ketones is 1. The van der Waals surface area contributed by atoms with Crippen LogP contribution in [0.1, 0.15) is 110 Å². The second kappa shape index (κ2) is 54.5. The molecule has 776 valence electrons. The maximum atomic E-state index is 12.4. The molecule has 17 aromatic carbocycles. The molecular weight excluding hydrogens is 1900 g/mol. The number of ether oxygens (including phenoxy) is 16. The summed E-state index contributed by atoms with van der Waals surface area (Å²) in [5.74, 6) is 13.3. The zero-order chi connectivity index (χ0) is 108. The van der Waals surface area contributed by atoms with E-state index >= 15 is 0 Å². The van der Waals surface area contributed by atoms with E-state index in [0.29, 0.717) is 22.6 Å². The van der Waals surface area contributed by atoms with Crippen molar-refractivity contribution in [2.75, 3.05) is 114 Å².